The summed E-state index contributed by atoms with van der Waals surface area (Å²) in [6, 6.07) is 21.1. The highest BCUT2D eigenvalue weighted by Gasteiger charge is 2.05. The van der Waals surface area contributed by atoms with Crippen LogP contribution in [0.3, 0.4) is 0 Å². The smallest absolute Gasteiger partial charge is 0.228 e. The van der Waals surface area contributed by atoms with Gasteiger partial charge in [0.05, 0.1) is 6.42 Å². The lowest BCUT2D eigenvalue weighted by Gasteiger charge is -2.10. The van der Waals surface area contributed by atoms with Crippen molar-refractivity contribution in [3.8, 4) is 0 Å². The summed E-state index contributed by atoms with van der Waals surface area (Å²) in [4.78, 5) is 12.1. The van der Waals surface area contributed by atoms with E-state index in [0.717, 1.165) is 16.3 Å². The van der Waals surface area contributed by atoms with Gasteiger partial charge in [0.1, 0.15) is 5.82 Å². The van der Waals surface area contributed by atoms with E-state index in [0.29, 0.717) is 17.8 Å². The molecule has 0 unspecified atom stereocenters. The van der Waals surface area contributed by atoms with Crippen molar-refractivity contribution in [1.82, 2.24) is 0 Å². The zero-order chi connectivity index (χ0) is 18.4. The van der Waals surface area contributed by atoms with Gasteiger partial charge >= 0.3 is 0 Å². The molecule has 26 heavy (non-hydrogen) atoms. The van der Waals surface area contributed by atoms with Crippen molar-refractivity contribution in [2.75, 3.05) is 10.6 Å². The highest BCUT2D eigenvalue weighted by Crippen LogP contribution is 2.18. The minimum atomic E-state index is -0.343. The van der Waals surface area contributed by atoms with Gasteiger partial charge in [0.15, 0.2) is 0 Å². The lowest BCUT2D eigenvalue weighted by molar-refractivity contribution is -0.115. The Morgan fingerprint density at radius 1 is 0.923 bits per heavy atom. The molecular formula is C21H18ClFN2O. The first kappa shape index (κ1) is 18.0. The summed E-state index contributed by atoms with van der Waals surface area (Å²) in [7, 11) is 0. The van der Waals surface area contributed by atoms with E-state index in [1.165, 1.54) is 12.1 Å². The van der Waals surface area contributed by atoms with Gasteiger partial charge in [-0.1, -0.05) is 41.9 Å². The molecule has 1 amide bonds. The first-order valence-corrected chi connectivity index (χ1v) is 8.59. The standard InChI is InChI=1S/C21H18ClFN2O/c22-20-7-2-1-5-16(20)14-24-18-8-10-19(11-9-18)25-21(26)13-15-4-3-6-17(23)12-15/h1-12,24H,13-14H2,(H,25,26). The maximum Gasteiger partial charge on any atom is 0.228 e. The Bertz CT molecular complexity index is 897. The number of hydrogen-bond acceptors (Lipinski definition) is 2. The molecule has 5 heteroatoms. The molecule has 0 heterocycles. The van der Waals surface area contributed by atoms with Crippen LogP contribution in [-0.4, -0.2) is 5.91 Å². The number of hydrogen-bond donors (Lipinski definition) is 2. The van der Waals surface area contributed by atoms with Crippen LogP contribution in [-0.2, 0) is 17.8 Å². The second-order valence-corrected chi connectivity index (χ2v) is 6.28. The molecule has 0 bridgehead atoms. The molecule has 132 valence electrons. The van der Waals surface area contributed by atoms with Crippen LogP contribution in [0, 0.1) is 5.82 Å². The molecule has 0 fully saturated rings. The number of halogens is 2. The van der Waals surface area contributed by atoms with Crippen LogP contribution in [0.1, 0.15) is 11.1 Å². The highest BCUT2D eigenvalue weighted by molar-refractivity contribution is 6.31. The molecule has 3 aromatic rings. The predicted octanol–water partition coefficient (Wildman–Crippen LogP) is 5.27. The number of nitrogens with one attached hydrogen (secondary N) is 2. The zero-order valence-electron chi connectivity index (χ0n) is 14.0. The summed E-state index contributed by atoms with van der Waals surface area (Å²) in [5, 5.41) is 6.82. The normalized spacial score (nSPS) is 10.4. The fourth-order valence-electron chi connectivity index (χ4n) is 2.55. The van der Waals surface area contributed by atoms with E-state index in [4.69, 9.17) is 11.6 Å². The zero-order valence-corrected chi connectivity index (χ0v) is 14.8. The molecule has 0 saturated carbocycles. The summed E-state index contributed by atoms with van der Waals surface area (Å²) in [6.45, 7) is 0.616. The van der Waals surface area contributed by atoms with E-state index in [-0.39, 0.29) is 18.1 Å². The molecule has 0 spiro atoms. The van der Waals surface area contributed by atoms with Gasteiger partial charge in [0.25, 0.3) is 0 Å². The van der Waals surface area contributed by atoms with Gasteiger partial charge in [-0.2, -0.15) is 0 Å². The van der Waals surface area contributed by atoms with Crippen molar-refractivity contribution < 1.29 is 9.18 Å². The number of amides is 1. The fourth-order valence-corrected chi connectivity index (χ4v) is 2.75. The van der Waals surface area contributed by atoms with Gasteiger partial charge in [-0.25, -0.2) is 4.39 Å². The molecule has 0 aliphatic rings. The average Bonchev–Trinajstić information content (AvgIpc) is 2.62. The molecule has 0 aromatic heterocycles. The molecular weight excluding hydrogens is 351 g/mol. The first-order chi connectivity index (χ1) is 12.6. The van der Waals surface area contributed by atoms with Crippen LogP contribution >= 0.6 is 11.6 Å². The minimum absolute atomic E-state index is 0.129. The number of carbonyl (C=O) groups excluding carboxylic acids is 1. The first-order valence-electron chi connectivity index (χ1n) is 8.22. The fraction of sp³-hybridized carbons (Fsp3) is 0.0952. The van der Waals surface area contributed by atoms with E-state index >= 15 is 0 Å². The van der Waals surface area contributed by atoms with Gasteiger partial charge in [-0.3, -0.25) is 4.79 Å². The molecule has 0 saturated heterocycles. The van der Waals surface area contributed by atoms with Crippen molar-refractivity contribution in [2.24, 2.45) is 0 Å². The molecule has 0 atom stereocenters. The molecule has 3 rings (SSSR count). The van der Waals surface area contributed by atoms with Crippen LogP contribution in [0.15, 0.2) is 72.8 Å². The average molecular weight is 369 g/mol. The number of carbonyl (C=O) groups is 1. The molecule has 0 aliphatic carbocycles. The third kappa shape index (κ3) is 5.07. The predicted molar refractivity (Wildman–Crippen MR) is 104 cm³/mol. The monoisotopic (exact) mass is 368 g/mol. The van der Waals surface area contributed by atoms with Gasteiger partial charge in [-0.15, -0.1) is 0 Å². The van der Waals surface area contributed by atoms with E-state index in [2.05, 4.69) is 10.6 Å². The molecule has 3 nitrogen and oxygen atoms in total. The quantitative estimate of drug-likeness (QED) is 0.622. The van der Waals surface area contributed by atoms with Gasteiger partial charge in [-0.05, 0) is 53.6 Å². The Morgan fingerprint density at radius 2 is 1.65 bits per heavy atom. The van der Waals surface area contributed by atoms with Crippen LogP contribution in [0.2, 0.25) is 5.02 Å². The SMILES string of the molecule is O=C(Cc1cccc(F)c1)Nc1ccc(NCc2ccccc2Cl)cc1. The van der Waals surface area contributed by atoms with Crippen molar-refractivity contribution in [3.63, 3.8) is 0 Å². The van der Waals surface area contributed by atoms with Gasteiger partial charge < -0.3 is 10.6 Å². The second kappa shape index (κ2) is 8.50. The molecule has 0 aliphatic heterocycles. The van der Waals surface area contributed by atoms with Gasteiger partial charge in [0, 0.05) is 22.9 Å². The van der Waals surface area contributed by atoms with Crippen molar-refractivity contribution in [2.45, 2.75) is 13.0 Å². The van der Waals surface area contributed by atoms with Gasteiger partial charge in [0.2, 0.25) is 5.91 Å². The van der Waals surface area contributed by atoms with Crippen LogP contribution in [0.5, 0.6) is 0 Å². The van der Waals surface area contributed by atoms with E-state index in [9.17, 15) is 9.18 Å². The Hall–Kier alpha value is -2.85. The lowest BCUT2D eigenvalue weighted by Crippen LogP contribution is -2.14. The Morgan fingerprint density at radius 3 is 2.38 bits per heavy atom. The van der Waals surface area contributed by atoms with Crippen LogP contribution in [0.25, 0.3) is 0 Å². The number of rotatable bonds is 6. The van der Waals surface area contributed by atoms with Crippen molar-refractivity contribution in [1.29, 1.82) is 0 Å². The second-order valence-electron chi connectivity index (χ2n) is 5.88. The summed E-state index contributed by atoms with van der Waals surface area (Å²) in [5.41, 5.74) is 3.27. The summed E-state index contributed by atoms with van der Waals surface area (Å²) >= 11 is 6.14. The number of benzene rings is 3. The molecule has 3 aromatic carbocycles. The maximum absolute atomic E-state index is 13.2. The van der Waals surface area contributed by atoms with E-state index < -0.39 is 0 Å². The van der Waals surface area contributed by atoms with Crippen LogP contribution < -0.4 is 10.6 Å². The third-order valence-corrected chi connectivity index (χ3v) is 4.23. The molecule has 0 radical (unpaired) electrons. The molecule has 2 N–H and O–H groups in total. The highest BCUT2D eigenvalue weighted by atomic mass is 35.5. The summed E-state index contributed by atoms with van der Waals surface area (Å²) < 4.78 is 13.2. The Labute approximate surface area is 156 Å². The summed E-state index contributed by atoms with van der Waals surface area (Å²) in [5.74, 6) is -0.531. The Balaban J connectivity index is 1.54. The Kier molecular flexibility index (Phi) is 5.87. The van der Waals surface area contributed by atoms with E-state index in [1.807, 2.05) is 48.5 Å². The topological polar surface area (TPSA) is 41.1 Å². The minimum Gasteiger partial charge on any atom is -0.381 e. The van der Waals surface area contributed by atoms with Crippen LogP contribution in [0.4, 0.5) is 15.8 Å². The van der Waals surface area contributed by atoms with E-state index in [1.54, 1.807) is 12.1 Å². The van der Waals surface area contributed by atoms with Crippen molar-refractivity contribution in [3.05, 3.63) is 94.8 Å². The largest absolute Gasteiger partial charge is 0.381 e. The third-order valence-electron chi connectivity index (χ3n) is 3.86. The van der Waals surface area contributed by atoms with Crippen molar-refractivity contribution >= 4 is 28.9 Å². The number of anilines is 2. The lowest BCUT2D eigenvalue weighted by atomic mass is 10.1. The summed E-state index contributed by atoms with van der Waals surface area (Å²) in [6.07, 6.45) is 0.129. The maximum atomic E-state index is 13.2.